The van der Waals surface area contributed by atoms with Crippen LogP contribution in [-0.4, -0.2) is 39.0 Å². The van der Waals surface area contributed by atoms with Gasteiger partial charge in [-0.05, 0) is 18.9 Å². The summed E-state index contributed by atoms with van der Waals surface area (Å²) in [4.78, 5) is 22.4. The molecule has 0 saturated carbocycles. The Bertz CT molecular complexity index is 650. The van der Waals surface area contributed by atoms with Gasteiger partial charge in [-0.3, -0.25) is 9.78 Å². The van der Waals surface area contributed by atoms with E-state index in [0.717, 1.165) is 18.7 Å². The molecule has 0 atom stereocenters. The van der Waals surface area contributed by atoms with Crippen molar-refractivity contribution in [3.05, 3.63) is 40.8 Å². The highest BCUT2D eigenvalue weighted by Crippen LogP contribution is 2.26. The zero-order valence-corrected chi connectivity index (χ0v) is 12.4. The Morgan fingerprint density at radius 3 is 2.76 bits per heavy atom. The van der Waals surface area contributed by atoms with E-state index in [9.17, 15) is 4.79 Å². The number of aromatic nitrogens is 3. The molecule has 110 valence electrons. The van der Waals surface area contributed by atoms with Crippen LogP contribution in [0.4, 0.5) is 0 Å². The van der Waals surface area contributed by atoms with Crippen LogP contribution in [0.25, 0.3) is 0 Å². The van der Waals surface area contributed by atoms with E-state index in [2.05, 4.69) is 15.1 Å². The van der Waals surface area contributed by atoms with Crippen LogP contribution in [0, 0.1) is 6.92 Å². The van der Waals surface area contributed by atoms with E-state index >= 15 is 0 Å². The molecule has 6 nitrogen and oxygen atoms in total. The lowest BCUT2D eigenvalue weighted by atomic mass is 9.96. The average Bonchev–Trinajstić information content (AvgIpc) is 2.93. The second-order valence-electron chi connectivity index (χ2n) is 5.13. The number of halogens is 1. The molecule has 0 bridgehead atoms. The highest BCUT2D eigenvalue weighted by atomic mass is 35.5. The number of likely N-dealkylation sites (tertiary alicyclic amines) is 1. The molecule has 1 aliphatic heterocycles. The molecule has 21 heavy (non-hydrogen) atoms. The Balaban J connectivity index is 1.64. The molecule has 1 fully saturated rings. The molecular weight excluding hydrogens is 292 g/mol. The number of hydrogen-bond donors (Lipinski definition) is 0. The number of aryl methyl sites for hydroxylation is 1. The summed E-state index contributed by atoms with van der Waals surface area (Å²) in [5, 5.41) is 4.43. The van der Waals surface area contributed by atoms with Crippen LogP contribution in [0.15, 0.2) is 23.0 Å². The fraction of sp³-hybridized carbons (Fsp3) is 0.429. The molecule has 0 aliphatic carbocycles. The molecule has 0 spiro atoms. The molecule has 2 aromatic heterocycles. The van der Waals surface area contributed by atoms with E-state index in [1.54, 1.807) is 19.2 Å². The first-order chi connectivity index (χ1) is 10.1. The van der Waals surface area contributed by atoms with E-state index in [0.29, 0.717) is 29.6 Å². The average molecular weight is 307 g/mol. The Morgan fingerprint density at radius 1 is 1.38 bits per heavy atom. The zero-order valence-electron chi connectivity index (χ0n) is 11.6. The molecular formula is C14H15ClN4O2. The third-order valence-electron chi connectivity index (χ3n) is 3.64. The maximum Gasteiger partial charge on any atom is 0.255 e. The van der Waals surface area contributed by atoms with E-state index in [1.165, 1.54) is 6.20 Å². The number of carbonyl (C=O) groups excluding carboxylic acids is 1. The number of rotatable bonds is 2. The summed E-state index contributed by atoms with van der Waals surface area (Å²) < 4.78 is 5.01. The maximum absolute atomic E-state index is 12.4. The lowest BCUT2D eigenvalue weighted by molar-refractivity contribution is 0.0710. The molecule has 7 heteroatoms. The predicted octanol–water partition coefficient (Wildman–Crippen LogP) is 2.45. The predicted molar refractivity (Wildman–Crippen MR) is 76.2 cm³/mol. The van der Waals surface area contributed by atoms with E-state index in [1.807, 2.05) is 4.90 Å². The van der Waals surface area contributed by atoms with E-state index in [-0.39, 0.29) is 11.8 Å². The smallest absolute Gasteiger partial charge is 0.255 e. The first-order valence-electron chi connectivity index (χ1n) is 6.83. The van der Waals surface area contributed by atoms with Crippen molar-refractivity contribution in [3.8, 4) is 0 Å². The fourth-order valence-corrected chi connectivity index (χ4v) is 2.71. The highest BCUT2D eigenvalue weighted by Gasteiger charge is 2.27. The van der Waals surface area contributed by atoms with Crippen molar-refractivity contribution >= 4 is 17.5 Å². The van der Waals surface area contributed by atoms with Crippen molar-refractivity contribution < 1.29 is 9.32 Å². The van der Waals surface area contributed by atoms with Crippen molar-refractivity contribution in [1.82, 2.24) is 20.0 Å². The van der Waals surface area contributed by atoms with Crippen LogP contribution in [0.3, 0.4) is 0 Å². The van der Waals surface area contributed by atoms with E-state index < -0.39 is 0 Å². The normalized spacial score (nSPS) is 16.2. The highest BCUT2D eigenvalue weighted by molar-refractivity contribution is 6.30. The van der Waals surface area contributed by atoms with Crippen LogP contribution in [-0.2, 0) is 0 Å². The SMILES string of the molecule is Cc1nc(C2CCN(C(=O)c3cncc(Cl)c3)CC2)no1. The molecule has 3 rings (SSSR count). The number of carbonyl (C=O) groups is 1. The molecule has 0 aromatic carbocycles. The molecule has 1 amide bonds. The Hall–Kier alpha value is -1.95. The first-order valence-corrected chi connectivity index (χ1v) is 7.21. The summed E-state index contributed by atoms with van der Waals surface area (Å²) in [5.41, 5.74) is 0.524. The van der Waals surface area contributed by atoms with Gasteiger partial charge in [0.05, 0.1) is 10.6 Å². The summed E-state index contributed by atoms with van der Waals surface area (Å²) >= 11 is 5.87. The third kappa shape index (κ3) is 3.05. The monoisotopic (exact) mass is 306 g/mol. The van der Waals surface area contributed by atoms with Gasteiger partial charge in [-0.2, -0.15) is 4.98 Å². The minimum atomic E-state index is -0.0345. The Morgan fingerprint density at radius 2 is 2.14 bits per heavy atom. The van der Waals surface area contributed by atoms with Gasteiger partial charge in [-0.15, -0.1) is 0 Å². The van der Waals surface area contributed by atoms with Gasteiger partial charge in [0.1, 0.15) is 0 Å². The zero-order chi connectivity index (χ0) is 14.8. The molecule has 3 heterocycles. The summed E-state index contributed by atoms with van der Waals surface area (Å²) in [6.45, 7) is 3.12. The Kier molecular flexibility index (Phi) is 3.88. The Labute approximate surface area is 127 Å². The number of piperidine rings is 1. The largest absolute Gasteiger partial charge is 0.340 e. The van der Waals surface area contributed by atoms with Crippen molar-refractivity contribution in [1.29, 1.82) is 0 Å². The molecule has 1 aliphatic rings. The van der Waals surface area contributed by atoms with Gasteiger partial charge >= 0.3 is 0 Å². The van der Waals surface area contributed by atoms with E-state index in [4.69, 9.17) is 16.1 Å². The van der Waals surface area contributed by atoms with Gasteiger partial charge in [0.2, 0.25) is 5.89 Å². The van der Waals surface area contributed by atoms with Gasteiger partial charge in [0.15, 0.2) is 5.82 Å². The number of amides is 1. The molecule has 0 N–H and O–H groups in total. The first kappa shape index (κ1) is 14.0. The van der Waals surface area contributed by atoms with Crippen molar-refractivity contribution in [2.45, 2.75) is 25.7 Å². The molecule has 0 unspecified atom stereocenters. The number of hydrogen-bond acceptors (Lipinski definition) is 5. The number of nitrogens with zero attached hydrogens (tertiary/aromatic N) is 4. The molecule has 0 radical (unpaired) electrons. The lowest BCUT2D eigenvalue weighted by Gasteiger charge is -2.30. The fourth-order valence-electron chi connectivity index (χ4n) is 2.53. The van der Waals surface area contributed by atoms with Gasteiger partial charge < -0.3 is 9.42 Å². The van der Waals surface area contributed by atoms with Gasteiger partial charge in [0, 0.05) is 38.3 Å². The van der Waals surface area contributed by atoms with Crippen LogP contribution >= 0.6 is 11.6 Å². The van der Waals surface area contributed by atoms with Crippen LogP contribution in [0.1, 0.15) is 40.8 Å². The molecule has 2 aromatic rings. The van der Waals surface area contributed by atoms with Crippen LogP contribution in [0.2, 0.25) is 5.02 Å². The summed E-state index contributed by atoms with van der Waals surface area (Å²) in [6.07, 6.45) is 4.73. The van der Waals surface area contributed by atoms with Crippen molar-refractivity contribution in [3.63, 3.8) is 0 Å². The van der Waals surface area contributed by atoms with Gasteiger partial charge in [-0.25, -0.2) is 0 Å². The minimum absolute atomic E-state index is 0.0345. The maximum atomic E-state index is 12.4. The summed E-state index contributed by atoms with van der Waals surface area (Å²) in [6, 6.07) is 1.64. The standard InChI is InChI=1S/C14H15ClN4O2/c1-9-17-13(18-21-9)10-2-4-19(5-3-10)14(20)11-6-12(15)8-16-7-11/h6-8,10H,2-5H2,1H3. The third-order valence-corrected chi connectivity index (χ3v) is 3.85. The topological polar surface area (TPSA) is 72.1 Å². The van der Waals surface area contributed by atoms with Crippen LogP contribution in [0.5, 0.6) is 0 Å². The second-order valence-corrected chi connectivity index (χ2v) is 5.57. The summed E-state index contributed by atoms with van der Waals surface area (Å²) in [7, 11) is 0. The molecule has 1 saturated heterocycles. The van der Waals surface area contributed by atoms with Gasteiger partial charge in [-0.1, -0.05) is 16.8 Å². The second kappa shape index (κ2) is 5.81. The van der Waals surface area contributed by atoms with Crippen molar-refractivity contribution in [2.75, 3.05) is 13.1 Å². The lowest BCUT2D eigenvalue weighted by Crippen LogP contribution is -2.38. The quantitative estimate of drug-likeness (QED) is 0.852. The summed E-state index contributed by atoms with van der Waals surface area (Å²) in [5.74, 6) is 1.54. The van der Waals surface area contributed by atoms with Crippen molar-refractivity contribution in [2.24, 2.45) is 0 Å². The minimum Gasteiger partial charge on any atom is -0.340 e. The van der Waals surface area contributed by atoms with Crippen LogP contribution < -0.4 is 0 Å². The number of pyridine rings is 1. The van der Waals surface area contributed by atoms with Gasteiger partial charge in [0.25, 0.3) is 5.91 Å².